The number of nitrogens with zero attached hydrogens (tertiary/aromatic N) is 2. The van der Waals surface area contributed by atoms with Crippen LogP contribution in [0.3, 0.4) is 0 Å². The molecule has 1 atom stereocenters. The van der Waals surface area contributed by atoms with E-state index in [-0.39, 0.29) is 23.2 Å². The molecule has 0 aliphatic carbocycles. The minimum atomic E-state index is -3.08. The monoisotopic (exact) mass is 368 g/mol. The summed E-state index contributed by atoms with van der Waals surface area (Å²) in [6, 6.07) is 4.42. The van der Waals surface area contributed by atoms with Crippen molar-refractivity contribution in [3.63, 3.8) is 0 Å². The maximum absolute atomic E-state index is 14.2. The quantitative estimate of drug-likeness (QED) is 0.747. The Morgan fingerprint density at radius 3 is 2.36 bits per heavy atom. The highest BCUT2D eigenvalue weighted by Crippen LogP contribution is 2.25. The van der Waals surface area contributed by atoms with Crippen LogP contribution in [-0.4, -0.2) is 62.7 Å². The first-order chi connectivity index (χ1) is 11.8. The van der Waals surface area contributed by atoms with Crippen LogP contribution in [0.25, 0.3) is 0 Å². The van der Waals surface area contributed by atoms with Gasteiger partial charge in [0.2, 0.25) is 5.91 Å². The van der Waals surface area contributed by atoms with E-state index in [0.29, 0.717) is 43.9 Å². The summed E-state index contributed by atoms with van der Waals surface area (Å²) in [5, 5.41) is 0. The number of piperazine rings is 1. The van der Waals surface area contributed by atoms with E-state index in [1.54, 1.807) is 17.0 Å². The molecule has 2 aliphatic rings. The predicted molar refractivity (Wildman–Crippen MR) is 92.0 cm³/mol. The first-order valence-electron chi connectivity index (χ1n) is 8.31. The van der Waals surface area contributed by atoms with Crippen molar-refractivity contribution in [2.45, 2.75) is 13.3 Å². The normalized spacial score (nSPS) is 22.9. The zero-order valence-electron chi connectivity index (χ0n) is 14.1. The Kier molecular flexibility index (Phi) is 4.81. The van der Waals surface area contributed by atoms with Gasteiger partial charge >= 0.3 is 0 Å². The van der Waals surface area contributed by atoms with Crippen LogP contribution in [-0.2, 0) is 14.6 Å². The van der Waals surface area contributed by atoms with Crippen molar-refractivity contribution < 1.29 is 22.4 Å². The number of carbonyl (C=O) groups is 2. The molecule has 6 nitrogen and oxygen atoms in total. The van der Waals surface area contributed by atoms with Gasteiger partial charge in [-0.2, -0.15) is 0 Å². The second-order valence-corrected chi connectivity index (χ2v) is 8.86. The van der Waals surface area contributed by atoms with Crippen LogP contribution >= 0.6 is 0 Å². The summed E-state index contributed by atoms with van der Waals surface area (Å²) in [7, 11) is -3.08. The number of Topliss-reactive ketones (excluding diaryl/α,β-unsaturated/α-hetero) is 1. The molecule has 0 N–H and O–H groups in total. The van der Waals surface area contributed by atoms with Crippen LogP contribution in [0.2, 0.25) is 0 Å². The van der Waals surface area contributed by atoms with Crippen molar-refractivity contribution in [3.05, 3.63) is 29.6 Å². The van der Waals surface area contributed by atoms with Crippen LogP contribution in [0.4, 0.5) is 10.1 Å². The lowest BCUT2D eigenvalue weighted by Gasteiger charge is -2.37. The van der Waals surface area contributed by atoms with Crippen LogP contribution < -0.4 is 4.90 Å². The van der Waals surface area contributed by atoms with Gasteiger partial charge in [0.25, 0.3) is 0 Å². The van der Waals surface area contributed by atoms with Crippen LogP contribution in [0.1, 0.15) is 23.7 Å². The number of anilines is 1. The van der Waals surface area contributed by atoms with Gasteiger partial charge in [0, 0.05) is 31.7 Å². The Morgan fingerprint density at radius 2 is 1.84 bits per heavy atom. The molecule has 0 aromatic heterocycles. The summed E-state index contributed by atoms with van der Waals surface area (Å²) < 4.78 is 37.3. The molecule has 1 amide bonds. The topological polar surface area (TPSA) is 74.8 Å². The fourth-order valence-electron chi connectivity index (χ4n) is 3.40. The van der Waals surface area contributed by atoms with Gasteiger partial charge in [0.05, 0.1) is 23.1 Å². The number of halogens is 1. The smallest absolute Gasteiger partial charge is 0.226 e. The molecule has 2 fully saturated rings. The van der Waals surface area contributed by atoms with E-state index >= 15 is 0 Å². The minimum Gasteiger partial charge on any atom is -0.366 e. The molecule has 2 heterocycles. The third kappa shape index (κ3) is 3.84. The third-order valence-electron chi connectivity index (χ3n) is 4.87. The highest BCUT2D eigenvalue weighted by molar-refractivity contribution is 7.91. The van der Waals surface area contributed by atoms with Gasteiger partial charge in [-0.05, 0) is 31.5 Å². The number of carbonyl (C=O) groups excluding carboxylic acids is 2. The summed E-state index contributed by atoms with van der Waals surface area (Å²) in [4.78, 5) is 27.3. The molecule has 1 aromatic carbocycles. The van der Waals surface area contributed by atoms with E-state index in [2.05, 4.69) is 0 Å². The molecule has 0 bridgehead atoms. The molecule has 3 rings (SSSR count). The number of hydrogen-bond donors (Lipinski definition) is 0. The molecular weight excluding hydrogens is 347 g/mol. The lowest BCUT2D eigenvalue weighted by molar-refractivity contribution is -0.135. The maximum Gasteiger partial charge on any atom is 0.226 e. The Balaban J connectivity index is 1.62. The largest absolute Gasteiger partial charge is 0.366 e. The van der Waals surface area contributed by atoms with Gasteiger partial charge in [-0.15, -0.1) is 0 Å². The van der Waals surface area contributed by atoms with E-state index in [1.165, 1.54) is 13.0 Å². The average Bonchev–Trinajstić information content (AvgIpc) is 2.94. The summed E-state index contributed by atoms with van der Waals surface area (Å²) in [6.07, 6.45) is 0.391. The van der Waals surface area contributed by atoms with Crippen LogP contribution in [0.5, 0.6) is 0 Å². The van der Waals surface area contributed by atoms with E-state index in [9.17, 15) is 22.4 Å². The zero-order valence-corrected chi connectivity index (χ0v) is 14.9. The van der Waals surface area contributed by atoms with Crippen molar-refractivity contribution in [2.75, 3.05) is 42.6 Å². The van der Waals surface area contributed by atoms with Gasteiger partial charge < -0.3 is 9.80 Å². The minimum absolute atomic E-state index is 0.0623. The van der Waals surface area contributed by atoms with Crippen molar-refractivity contribution >= 4 is 27.2 Å². The maximum atomic E-state index is 14.2. The highest BCUT2D eigenvalue weighted by atomic mass is 32.2. The molecule has 136 valence electrons. The van der Waals surface area contributed by atoms with Crippen molar-refractivity contribution in [1.29, 1.82) is 0 Å². The van der Waals surface area contributed by atoms with Gasteiger partial charge in [-0.1, -0.05) is 0 Å². The lowest BCUT2D eigenvalue weighted by atomic mass is 10.1. The number of rotatable bonds is 3. The lowest BCUT2D eigenvalue weighted by Crippen LogP contribution is -2.50. The number of amides is 1. The number of sulfone groups is 1. The molecular formula is C17H21FN2O4S. The third-order valence-corrected chi connectivity index (χ3v) is 6.64. The van der Waals surface area contributed by atoms with Crippen LogP contribution in [0, 0.1) is 11.7 Å². The first-order valence-corrected chi connectivity index (χ1v) is 10.1. The molecule has 0 spiro atoms. The van der Waals surface area contributed by atoms with E-state index in [0.717, 1.165) is 0 Å². The summed E-state index contributed by atoms with van der Waals surface area (Å²) in [6.45, 7) is 3.21. The zero-order chi connectivity index (χ0) is 18.2. The van der Waals surface area contributed by atoms with E-state index in [1.807, 2.05) is 4.90 Å². The fourth-order valence-corrected chi connectivity index (χ4v) is 5.13. The highest BCUT2D eigenvalue weighted by Gasteiger charge is 2.36. The Bertz CT molecular complexity index is 801. The molecule has 2 saturated heterocycles. The fraction of sp³-hybridized carbons (Fsp3) is 0.529. The molecule has 0 unspecified atom stereocenters. The van der Waals surface area contributed by atoms with Crippen molar-refractivity contribution in [2.24, 2.45) is 5.92 Å². The summed E-state index contributed by atoms with van der Waals surface area (Å²) in [5.41, 5.74) is 0.748. The summed E-state index contributed by atoms with van der Waals surface area (Å²) >= 11 is 0. The standard InChI is InChI=1S/C17H21FN2O4S/c1-12(21)13-2-3-16(15(18)10-13)19-5-7-20(8-6-19)17(22)14-4-9-25(23,24)11-14/h2-3,10,14H,4-9,11H2,1H3/t14-/m1/s1. The summed E-state index contributed by atoms with van der Waals surface area (Å²) in [5.74, 6) is -1.18. The first kappa shape index (κ1) is 17.8. The molecule has 25 heavy (non-hydrogen) atoms. The average molecular weight is 368 g/mol. The Labute approximate surface area is 146 Å². The van der Waals surface area contributed by atoms with Crippen molar-refractivity contribution in [3.8, 4) is 0 Å². The van der Waals surface area contributed by atoms with Gasteiger partial charge in [-0.25, -0.2) is 12.8 Å². The van der Waals surface area contributed by atoms with Gasteiger partial charge in [0.1, 0.15) is 5.82 Å². The van der Waals surface area contributed by atoms with Gasteiger partial charge in [-0.3, -0.25) is 9.59 Å². The van der Waals surface area contributed by atoms with E-state index < -0.39 is 21.6 Å². The predicted octanol–water partition coefficient (Wildman–Crippen LogP) is 1.11. The Morgan fingerprint density at radius 1 is 1.16 bits per heavy atom. The second-order valence-electron chi connectivity index (χ2n) is 6.63. The van der Waals surface area contributed by atoms with Crippen LogP contribution in [0.15, 0.2) is 18.2 Å². The second kappa shape index (κ2) is 6.74. The number of benzene rings is 1. The molecule has 2 aliphatic heterocycles. The molecule has 1 aromatic rings. The van der Waals surface area contributed by atoms with Gasteiger partial charge in [0.15, 0.2) is 15.6 Å². The molecule has 8 heteroatoms. The number of hydrogen-bond acceptors (Lipinski definition) is 5. The van der Waals surface area contributed by atoms with Crippen molar-refractivity contribution in [1.82, 2.24) is 4.90 Å². The molecule has 0 radical (unpaired) electrons. The number of ketones is 1. The Hall–Kier alpha value is -1.96. The SMILES string of the molecule is CC(=O)c1ccc(N2CCN(C(=O)[C@@H]3CCS(=O)(=O)C3)CC2)c(F)c1. The molecule has 0 saturated carbocycles. The van der Waals surface area contributed by atoms with E-state index in [4.69, 9.17) is 0 Å².